The van der Waals surface area contributed by atoms with Crippen LogP contribution in [0.3, 0.4) is 0 Å². The largest absolute Gasteiger partial charge is 0.159 e. The van der Waals surface area contributed by atoms with Crippen LogP contribution in [0.5, 0.6) is 0 Å². The van der Waals surface area contributed by atoms with Crippen LogP contribution in [0.4, 0.5) is 15.9 Å². The Kier molecular flexibility index (Phi) is 8.02. The van der Waals surface area contributed by atoms with E-state index in [1.165, 1.54) is 34.9 Å². The van der Waals surface area contributed by atoms with Gasteiger partial charge in [0.1, 0.15) is 0 Å². The van der Waals surface area contributed by atoms with Gasteiger partial charge in [-0.15, -0.1) is 0 Å². The Hall–Kier alpha value is -1.98. The number of fused-ring (bicyclic) bond motifs is 1. The van der Waals surface area contributed by atoms with Crippen LogP contribution in [0.2, 0.25) is 4.87 Å². The van der Waals surface area contributed by atoms with Crippen molar-refractivity contribution in [1.29, 1.82) is 0 Å². The quantitative estimate of drug-likeness (QED) is 0.387. The van der Waals surface area contributed by atoms with Crippen LogP contribution < -0.4 is 12.3 Å². The minimum Gasteiger partial charge on any atom is -0.159 e. The maximum absolute atomic E-state index is 14.8. The summed E-state index contributed by atoms with van der Waals surface area (Å²) in [6.45, 7) is 7.22. The Balaban J connectivity index is 0.000000318. The van der Waals surface area contributed by atoms with Gasteiger partial charge in [-0.1, -0.05) is 20.3 Å². The predicted molar refractivity (Wildman–Crippen MR) is 133 cm³/mol. The number of anilines is 2. The summed E-state index contributed by atoms with van der Waals surface area (Å²) in [6.07, 6.45) is 6.67. The van der Waals surface area contributed by atoms with E-state index in [9.17, 15) is 4.39 Å². The van der Waals surface area contributed by atoms with Crippen molar-refractivity contribution in [3.63, 3.8) is 0 Å². The molecule has 1 aromatic carbocycles. The van der Waals surface area contributed by atoms with Gasteiger partial charge < -0.3 is 0 Å². The molecule has 0 bridgehead atoms. The fourth-order valence-corrected chi connectivity index (χ4v) is 8.87. The van der Waals surface area contributed by atoms with Crippen LogP contribution >= 0.6 is 0 Å². The van der Waals surface area contributed by atoms with Gasteiger partial charge in [-0.05, 0) is 19.1 Å². The molecule has 3 atom stereocenters. The molecule has 1 aliphatic heterocycles. The van der Waals surface area contributed by atoms with Crippen LogP contribution in [0.25, 0.3) is 0 Å². The molecule has 6 nitrogen and oxygen atoms in total. The molecule has 0 spiro atoms. The van der Waals surface area contributed by atoms with Gasteiger partial charge in [0, 0.05) is 6.20 Å². The van der Waals surface area contributed by atoms with Crippen molar-refractivity contribution in [2.75, 3.05) is 5.32 Å². The number of nitrogens with one attached hydrogen (secondary N) is 3. The van der Waals surface area contributed by atoms with Gasteiger partial charge in [0.05, 0.1) is 5.69 Å². The van der Waals surface area contributed by atoms with Gasteiger partial charge in [-0.3, -0.25) is 0 Å². The van der Waals surface area contributed by atoms with Gasteiger partial charge in [0.2, 0.25) is 0 Å². The summed E-state index contributed by atoms with van der Waals surface area (Å²) in [5, 5.41) is 18.1. The molecule has 2 aromatic heterocycles. The van der Waals surface area contributed by atoms with Crippen molar-refractivity contribution < 1.29 is 4.39 Å². The molecular weight excluding hydrogens is 525 g/mol. The number of aromatic amines is 1. The number of H-pyrrole nitrogens is 1. The molecule has 3 N–H and O–H groups in total. The van der Waals surface area contributed by atoms with E-state index in [-0.39, 0.29) is 5.82 Å². The number of hydrogen-bond donors (Lipinski definition) is 3. The summed E-state index contributed by atoms with van der Waals surface area (Å²) in [6, 6.07) is 9.79. The second-order valence-corrected chi connectivity index (χ2v) is 14.6. The first-order valence-electron chi connectivity index (χ1n) is 11.8. The fourth-order valence-electron chi connectivity index (χ4n) is 4.75. The van der Waals surface area contributed by atoms with Crippen molar-refractivity contribution in [2.45, 2.75) is 63.8 Å². The monoisotopic (exact) mass is 558 g/mol. The SMILES string of the molecule is CCC(C)C1CCC(c2cc(Nc3cc[c]4c(c3F)C[NH][Sb]4[CH3])n[nH]2)C1.Cc1cccnn1. The molecule has 2 aliphatic rings. The number of rotatable bonds is 5. The Morgan fingerprint density at radius 3 is 2.82 bits per heavy atom. The average Bonchev–Trinajstić information content (AvgIpc) is 3.57. The number of aryl methyl sites for hydroxylation is 1. The third-order valence-corrected chi connectivity index (χ3v) is 12.1. The van der Waals surface area contributed by atoms with E-state index in [0.717, 1.165) is 23.1 Å². The first-order valence-corrected chi connectivity index (χ1v) is 16.9. The van der Waals surface area contributed by atoms with Crippen LogP contribution in [0.15, 0.2) is 36.5 Å². The summed E-state index contributed by atoms with van der Waals surface area (Å²) in [5.74, 6) is 2.76. The molecule has 5 rings (SSSR count). The van der Waals surface area contributed by atoms with E-state index in [1.807, 2.05) is 25.1 Å². The van der Waals surface area contributed by atoms with Crippen molar-refractivity contribution in [2.24, 2.45) is 11.8 Å². The van der Waals surface area contributed by atoms with E-state index in [1.54, 1.807) is 6.20 Å². The Morgan fingerprint density at radius 1 is 1.27 bits per heavy atom. The van der Waals surface area contributed by atoms with Gasteiger partial charge in [0.25, 0.3) is 0 Å². The maximum atomic E-state index is 14.8. The van der Waals surface area contributed by atoms with Gasteiger partial charge >= 0.3 is 143 Å². The van der Waals surface area contributed by atoms with Crippen LogP contribution in [0.1, 0.15) is 62.4 Å². The summed E-state index contributed by atoms with van der Waals surface area (Å²) in [5.41, 5.74) is 3.53. The number of nitrogens with zero attached hydrogens (tertiary/aromatic N) is 3. The number of aromatic nitrogens is 4. The molecule has 0 saturated heterocycles. The van der Waals surface area contributed by atoms with E-state index < -0.39 is 20.5 Å². The normalized spacial score (nSPS) is 20.8. The third kappa shape index (κ3) is 5.75. The second kappa shape index (κ2) is 11.0. The molecule has 8 heteroatoms. The van der Waals surface area contributed by atoms with E-state index in [2.05, 4.69) is 60.0 Å². The van der Waals surface area contributed by atoms with E-state index in [4.69, 9.17) is 0 Å². The first kappa shape index (κ1) is 24.2. The summed E-state index contributed by atoms with van der Waals surface area (Å²) in [4.78, 5) is 2.25. The van der Waals surface area contributed by atoms with E-state index >= 15 is 0 Å². The van der Waals surface area contributed by atoms with Gasteiger partial charge in [-0.2, -0.15) is 10.2 Å². The maximum Gasteiger partial charge on any atom is 0.0600 e. The van der Waals surface area contributed by atoms with Crippen molar-refractivity contribution in [3.05, 3.63) is 59.3 Å². The number of hydrogen-bond acceptors (Lipinski definition) is 5. The van der Waals surface area contributed by atoms with Gasteiger partial charge in [-0.25, -0.2) is 0 Å². The fraction of sp³-hybridized carbons (Fsp3) is 0.480. The molecule has 3 aromatic rings. The second-order valence-electron chi connectivity index (χ2n) is 9.17. The molecule has 0 amide bonds. The smallest absolute Gasteiger partial charge is 0.0600 e. The predicted octanol–water partition coefficient (Wildman–Crippen LogP) is 4.94. The Morgan fingerprint density at radius 2 is 2.12 bits per heavy atom. The molecule has 3 heterocycles. The van der Waals surface area contributed by atoms with Crippen LogP contribution in [0, 0.1) is 24.6 Å². The van der Waals surface area contributed by atoms with Crippen LogP contribution in [-0.4, -0.2) is 40.9 Å². The molecule has 1 fully saturated rings. The third-order valence-electron chi connectivity index (χ3n) is 7.00. The van der Waals surface area contributed by atoms with E-state index in [0.29, 0.717) is 24.0 Å². The van der Waals surface area contributed by atoms with Crippen molar-refractivity contribution in [3.8, 4) is 0 Å². The standard InChI is InChI=1S/C19H25FN4.C5H6N2.CH3.Sb/c1-3-12(2)13-7-8-14(9-13)17-10-18(24-23-17)22-16-6-4-5-15(11-21)19(16)20;1-5-3-2-4-6-7-5;;/h4,6,10,12-14,21H,3,7-9,11H2,1-2H3,(H2,22,23,24);2-4H,1H3;1H3;/q-1;;;+1. The average molecular weight is 559 g/mol. The molecule has 1 saturated carbocycles. The van der Waals surface area contributed by atoms with Crippen molar-refractivity contribution in [1.82, 2.24) is 23.9 Å². The molecule has 1 aliphatic carbocycles. The molecule has 3 unspecified atom stereocenters. The van der Waals surface area contributed by atoms with Crippen LogP contribution in [-0.2, 0) is 6.54 Å². The van der Waals surface area contributed by atoms with Gasteiger partial charge in [0.15, 0.2) is 0 Å². The summed E-state index contributed by atoms with van der Waals surface area (Å²) >= 11 is -1.58. The molecule has 176 valence electrons. The number of halogens is 1. The summed E-state index contributed by atoms with van der Waals surface area (Å²) < 4.78 is 19.5. The molecule has 0 radical (unpaired) electrons. The zero-order valence-corrected chi connectivity index (χ0v) is 22.5. The zero-order valence-electron chi connectivity index (χ0n) is 19.9. The summed E-state index contributed by atoms with van der Waals surface area (Å²) in [7, 11) is 0. The van der Waals surface area contributed by atoms with Crippen molar-refractivity contribution >= 4 is 35.5 Å². The minimum atomic E-state index is -1.58. The Labute approximate surface area is 203 Å². The first-order chi connectivity index (χ1) is 16.0. The topological polar surface area (TPSA) is 78.5 Å². The molecule has 33 heavy (non-hydrogen) atoms. The molecular formula is C25H34FN6Sb. The minimum absolute atomic E-state index is 0.119. The number of benzene rings is 1. The zero-order chi connectivity index (χ0) is 23.4. The Bertz CT molecular complexity index is 1060.